The maximum absolute atomic E-state index is 11.9. The van der Waals surface area contributed by atoms with E-state index in [1.165, 1.54) is 40.1 Å². The van der Waals surface area contributed by atoms with Crippen LogP contribution in [0.1, 0.15) is 19.4 Å². The highest BCUT2D eigenvalue weighted by atomic mass is 32.2. The quantitative estimate of drug-likeness (QED) is 0.771. The van der Waals surface area contributed by atoms with Crippen molar-refractivity contribution in [2.45, 2.75) is 30.7 Å². The molecule has 0 aliphatic carbocycles. The molecule has 7 nitrogen and oxygen atoms in total. The Balaban J connectivity index is 2.80. The van der Waals surface area contributed by atoms with Gasteiger partial charge in [-0.25, -0.2) is 21.1 Å². The van der Waals surface area contributed by atoms with Crippen LogP contribution in [0.15, 0.2) is 29.2 Å². The van der Waals surface area contributed by atoms with Gasteiger partial charge < -0.3 is 0 Å². The topological polar surface area (TPSA) is 107 Å². The molecule has 9 heteroatoms. The van der Waals surface area contributed by atoms with Gasteiger partial charge >= 0.3 is 0 Å². The molecule has 0 spiro atoms. The molecule has 0 radical (unpaired) electrons. The number of hydrogen-bond acceptors (Lipinski definition) is 5. The van der Waals surface area contributed by atoms with Crippen molar-refractivity contribution in [3.05, 3.63) is 29.8 Å². The van der Waals surface area contributed by atoms with E-state index in [4.69, 9.17) is 5.26 Å². The lowest BCUT2D eigenvalue weighted by Crippen LogP contribution is -2.43. The first kappa shape index (κ1) is 19.6. The Morgan fingerprint density at radius 1 is 1.13 bits per heavy atom. The van der Waals surface area contributed by atoms with Gasteiger partial charge in [0.15, 0.2) is 0 Å². The van der Waals surface area contributed by atoms with E-state index in [0.29, 0.717) is 5.56 Å². The van der Waals surface area contributed by atoms with Gasteiger partial charge in [-0.15, -0.1) is 0 Å². The van der Waals surface area contributed by atoms with Crippen LogP contribution in [0.4, 0.5) is 0 Å². The van der Waals surface area contributed by atoms with Crippen molar-refractivity contribution in [2.75, 3.05) is 19.8 Å². The molecule has 0 aliphatic heterocycles. The summed E-state index contributed by atoms with van der Waals surface area (Å²) < 4.78 is 51.2. The predicted octanol–water partition coefficient (Wildman–Crippen LogP) is 0.701. The molecule has 0 aliphatic rings. The Morgan fingerprint density at radius 3 is 2.09 bits per heavy atom. The van der Waals surface area contributed by atoms with E-state index in [0.717, 1.165) is 4.31 Å². The third-order valence-corrected chi connectivity index (χ3v) is 6.44. The number of aryl methyl sites for hydroxylation is 1. The first-order valence-corrected chi connectivity index (χ1v) is 9.93. The van der Waals surface area contributed by atoms with Crippen molar-refractivity contribution < 1.29 is 16.8 Å². The fraction of sp³-hybridized carbons (Fsp3) is 0.500. The molecule has 0 saturated carbocycles. The molecule has 0 unspecified atom stereocenters. The van der Waals surface area contributed by atoms with Crippen LogP contribution < -0.4 is 4.72 Å². The molecule has 23 heavy (non-hydrogen) atoms. The van der Waals surface area contributed by atoms with Gasteiger partial charge in [-0.3, -0.25) is 0 Å². The number of nitriles is 1. The zero-order valence-electron chi connectivity index (χ0n) is 13.6. The van der Waals surface area contributed by atoms with Crippen LogP contribution in [0.25, 0.3) is 0 Å². The minimum absolute atomic E-state index is 0.151. The maximum atomic E-state index is 11.9. The first-order chi connectivity index (χ1) is 10.4. The molecular formula is C14H21N3O4S2. The number of nitrogens with one attached hydrogen (secondary N) is 1. The van der Waals surface area contributed by atoms with Crippen LogP contribution in [0.2, 0.25) is 0 Å². The van der Waals surface area contributed by atoms with Gasteiger partial charge in [-0.1, -0.05) is 12.1 Å². The fourth-order valence-corrected chi connectivity index (χ4v) is 4.09. The highest BCUT2D eigenvalue weighted by Gasteiger charge is 2.24. The summed E-state index contributed by atoms with van der Waals surface area (Å²) in [6.45, 7) is 2.96. The monoisotopic (exact) mass is 359 g/mol. The van der Waals surface area contributed by atoms with Crippen molar-refractivity contribution in [3.8, 4) is 6.07 Å². The fourth-order valence-electron chi connectivity index (χ4n) is 1.75. The molecule has 1 aromatic carbocycles. The summed E-state index contributed by atoms with van der Waals surface area (Å²) >= 11 is 0. The van der Waals surface area contributed by atoms with E-state index in [-0.39, 0.29) is 17.1 Å². The van der Waals surface area contributed by atoms with Crippen LogP contribution >= 0.6 is 0 Å². The lowest BCUT2D eigenvalue weighted by Gasteiger charge is -2.17. The molecule has 1 aromatic rings. The second-order valence-corrected chi connectivity index (χ2v) is 9.83. The van der Waals surface area contributed by atoms with E-state index >= 15 is 0 Å². The average Bonchev–Trinajstić information content (AvgIpc) is 2.44. The van der Waals surface area contributed by atoms with Gasteiger partial charge in [-0.2, -0.15) is 9.98 Å². The maximum Gasteiger partial charge on any atom is 0.242 e. The number of sulfonamides is 2. The lowest BCUT2D eigenvalue weighted by molar-refractivity contribution is 0.520. The van der Waals surface area contributed by atoms with Crippen molar-refractivity contribution in [1.82, 2.24) is 9.03 Å². The summed E-state index contributed by atoms with van der Waals surface area (Å²) in [5.41, 5.74) is -0.467. The summed E-state index contributed by atoms with van der Waals surface area (Å²) in [6.07, 6.45) is 0.221. The number of benzene rings is 1. The molecule has 0 heterocycles. The van der Waals surface area contributed by atoms with Gasteiger partial charge in [0.05, 0.1) is 16.7 Å². The van der Waals surface area contributed by atoms with Gasteiger partial charge in [0, 0.05) is 14.1 Å². The normalized spacial score (nSPS) is 13.0. The van der Waals surface area contributed by atoms with Crippen LogP contribution in [-0.4, -0.2) is 46.5 Å². The van der Waals surface area contributed by atoms with Gasteiger partial charge in [-0.05, 0) is 38.0 Å². The third kappa shape index (κ3) is 5.58. The highest BCUT2D eigenvalue weighted by Crippen LogP contribution is 2.14. The minimum Gasteiger partial charge on any atom is -0.212 e. The molecule has 0 bridgehead atoms. The predicted molar refractivity (Wildman–Crippen MR) is 87.6 cm³/mol. The summed E-state index contributed by atoms with van der Waals surface area (Å²) in [6, 6.07) is 7.93. The lowest BCUT2D eigenvalue weighted by atomic mass is 10.1. The second-order valence-electron chi connectivity index (χ2n) is 5.84. The van der Waals surface area contributed by atoms with Crippen LogP contribution in [-0.2, 0) is 26.5 Å². The van der Waals surface area contributed by atoms with E-state index < -0.39 is 25.6 Å². The smallest absolute Gasteiger partial charge is 0.212 e. The third-order valence-electron chi connectivity index (χ3n) is 3.05. The Hall–Kier alpha value is -1.47. The second kappa shape index (κ2) is 6.97. The standard InChI is InChI=1S/C14H21N3O4S2/c1-14(2,11-15)16-22(18,19)10-9-12-5-7-13(8-6-12)23(20,21)17(3)4/h5-8,16H,9-10H2,1-4H3. The minimum atomic E-state index is -3.60. The zero-order valence-corrected chi connectivity index (χ0v) is 15.2. The molecule has 128 valence electrons. The van der Waals surface area contributed by atoms with Crippen LogP contribution in [0, 0.1) is 11.3 Å². The van der Waals surface area contributed by atoms with Gasteiger partial charge in [0.2, 0.25) is 20.0 Å². The molecule has 0 saturated heterocycles. The van der Waals surface area contributed by atoms with Crippen molar-refractivity contribution in [3.63, 3.8) is 0 Å². The molecule has 1 N–H and O–H groups in total. The van der Waals surface area contributed by atoms with Crippen LogP contribution in [0.3, 0.4) is 0 Å². The Morgan fingerprint density at radius 2 is 1.65 bits per heavy atom. The van der Waals surface area contributed by atoms with E-state index in [1.54, 1.807) is 12.1 Å². The summed E-state index contributed by atoms with van der Waals surface area (Å²) in [5, 5.41) is 8.86. The van der Waals surface area contributed by atoms with Crippen molar-refractivity contribution >= 4 is 20.0 Å². The van der Waals surface area contributed by atoms with Crippen molar-refractivity contribution in [1.29, 1.82) is 5.26 Å². The number of rotatable bonds is 7. The van der Waals surface area contributed by atoms with E-state index in [9.17, 15) is 16.8 Å². The summed E-state index contributed by atoms with van der Waals surface area (Å²) in [5.74, 6) is -0.183. The number of nitrogens with zero attached hydrogens (tertiary/aromatic N) is 2. The summed E-state index contributed by atoms with van der Waals surface area (Å²) in [4.78, 5) is 0.151. The Labute approximate surface area is 138 Å². The van der Waals surface area contributed by atoms with Crippen molar-refractivity contribution in [2.24, 2.45) is 0 Å². The molecule has 0 atom stereocenters. The number of hydrogen-bond donors (Lipinski definition) is 1. The van der Waals surface area contributed by atoms with Crippen LogP contribution in [0.5, 0.6) is 0 Å². The summed E-state index contributed by atoms with van der Waals surface area (Å²) in [7, 11) is -4.21. The SMILES string of the molecule is CN(C)S(=O)(=O)c1ccc(CCS(=O)(=O)NC(C)(C)C#N)cc1. The van der Waals surface area contributed by atoms with Gasteiger partial charge in [0.25, 0.3) is 0 Å². The largest absolute Gasteiger partial charge is 0.242 e. The van der Waals surface area contributed by atoms with Gasteiger partial charge in [0.1, 0.15) is 5.54 Å². The highest BCUT2D eigenvalue weighted by molar-refractivity contribution is 7.89. The Kier molecular flexibility index (Phi) is 5.93. The average molecular weight is 359 g/mol. The molecule has 1 rings (SSSR count). The molecule has 0 amide bonds. The Bertz CT molecular complexity index is 789. The first-order valence-electron chi connectivity index (χ1n) is 6.84. The van der Waals surface area contributed by atoms with E-state index in [2.05, 4.69) is 4.72 Å². The zero-order chi connectivity index (χ0) is 17.9. The molecule has 0 aromatic heterocycles. The molecule has 0 fully saturated rings. The molecular weight excluding hydrogens is 338 g/mol. The van der Waals surface area contributed by atoms with E-state index in [1.807, 2.05) is 6.07 Å².